The quantitative estimate of drug-likeness (QED) is 0.368. The lowest BCUT2D eigenvalue weighted by molar-refractivity contribution is -0.142. The van der Waals surface area contributed by atoms with Crippen molar-refractivity contribution >= 4 is 62.4 Å². The molecule has 0 aromatic carbocycles. The molecule has 3 N–H and O–H groups in total. The average molecular weight is 787 g/mol. The second-order valence-corrected chi connectivity index (χ2v) is 19.6. The topological polar surface area (TPSA) is 184 Å². The standard InChI is InChI=1S/C36H46N6O8S3/c1-35(2,3)50-34(47)38-25-11-8-6-4-5-7-10-22-16-36(22,33(46)40-53(48,49)23-13-14-23)39-29(43)28-24-19-41(17-21(24)18-42(28)31(25)44)32(45)30-37-26(20-52-30)27-12-9-15-51-27/h7,9-10,12,15,20-25,28H,4-6,8,11,13-14,16-19H2,1-3H3,(H,38,47)(H,39,43)(H,40,46)/b10-7-/t21-,22-,24-,25-,28-,36+/m0/s1. The molecule has 5 heterocycles. The van der Waals surface area contributed by atoms with Gasteiger partial charge in [0.15, 0.2) is 5.01 Å². The predicted octanol–water partition coefficient (Wildman–Crippen LogP) is 3.67. The number of allylic oxidation sites excluding steroid dienone is 1. The summed E-state index contributed by atoms with van der Waals surface area (Å²) in [6.07, 6.45) is 7.45. The molecule has 14 nitrogen and oxygen atoms in total. The summed E-state index contributed by atoms with van der Waals surface area (Å²) in [5.74, 6) is -3.29. The fourth-order valence-corrected chi connectivity index (χ4v) is 10.6. The lowest BCUT2D eigenvalue weighted by Crippen LogP contribution is -2.60. The predicted molar refractivity (Wildman–Crippen MR) is 198 cm³/mol. The highest BCUT2D eigenvalue weighted by atomic mass is 32.2. The van der Waals surface area contributed by atoms with E-state index in [4.69, 9.17) is 4.74 Å². The van der Waals surface area contributed by atoms with Gasteiger partial charge in [-0.25, -0.2) is 18.2 Å². The fraction of sp³-hybridized carbons (Fsp3) is 0.611. The molecule has 7 rings (SSSR count). The van der Waals surface area contributed by atoms with Crippen molar-refractivity contribution in [1.82, 2.24) is 30.1 Å². The van der Waals surface area contributed by atoms with E-state index in [1.54, 1.807) is 25.7 Å². The molecule has 2 saturated carbocycles. The van der Waals surface area contributed by atoms with Gasteiger partial charge in [0, 0.05) is 42.8 Å². The highest BCUT2D eigenvalue weighted by molar-refractivity contribution is 7.91. The van der Waals surface area contributed by atoms with E-state index in [9.17, 15) is 32.4 Å². The summed E-state index contributed by atoms with van der Waals surface area (Å²) < 4.78 is 33.4. The molecule has 5 amide bonds. The lowest BCUT2D eigenvalue weighted by Gasteiger charge is -2.33. The minimum atomic E-state index is -3.90. The van der Waals surface area contributed by atoms with E-state index < -0.39 is 74.1 Å². The number of amides is 5. The van der Waals surface area contributed by atoms with Gasteiger partial charge in [-0.05, 0) is 70.7 Å². The Morgan fingerprint density at radius 3 is 2.57 bits per heavy atom. The van der Waals surface area contributed by atoms with Gasteiger partial charge in [0.1, 0.15) is 23.2 Å². The molecule has 0 spiro atoms. The maximum Gasteiger partial charge on any atom is 0.408 e. The number of carbonyl (C=O) groups is 5. The average Bonchev–Trinajstić information content (AvgIpc) is 3.72. The van der Waals surface area contributed by atoms with Crippen LogP contribution in [-0.2, 0) is 29.1 Å². The largest absolute Gasteiger partial charge is 0.444 e. The zero-order chi connectivity index (χ0) is 37.7. The van der Waals surface area contributed by atoms with Crippen LogP contribution in [0.25, 0.3) is 10.6 Å². The first-order valence-corrected chi connectivity index (χ1v) is 21.6. The number of ether oxygens (including phenoxy) is 1. The van der Waals surface area contributed by atoms with E-state index >= 15 is 0 Å². The molecule has 2 saturated heterocycles. The molecule has 0 unspecified atom stereocenters. The summed E-state index contributed by atoms with van der Waals surface area (Å²) in [6.45, 7) is 5.79. The van der Waals surface area contributed by atoms with Crippen LogP contribution in [0, 0.1) is 17.8 Å². The third-order valence-electron chi connectivity index (χ3n) is 10.6. The summed E-state index contributed by atoms with van der Waals surface area (Å²) in [7, 11) is -3.90. The van der Waals surface area contributed by atoms with Crippen LogP contribution >= 0.6 is 22.7 Å². The van der Waals surface area contributed by atoms with Gasteiger partial charge in [0.2, 0.25) is 21.8 Å². The van der Waals surface area contributed by atoms with Crippen molar-refractivity contribution in [2.45, 2.75) is 101 Å². The molecule has 17 heteroatoms. The van der Waals surface area contributed by atoms with Gasteiger partial charge in [0.05, 0.1) is 15.8 Å². The van der Waals surface area contributed by atoms with Crippen molar-refractivity contribution in [2.24, 2.45) is 17.8 Å². The third-order valence-corrected chi connectivity index (χ3v) is 14.2. The van der Waals surface area contributed by atoms with Crippen LogP contribution in [0.4, 0.5) is 4.79 Å². The maximum atomic E-state index is 14.6. The highest BCUT2D eigenvalue weighted by Crippen LogP contribution is 2.47. The van der Waals surface area contributed by atoms with Gasteiger partial charge in [0.25, 0.3) is 11.8 Å². The Morgan fingerprint density at radius 2 is 1.85 bits per heavy atom. The lowest BCUT2D eigenvalue weighted by atomic mass is 9.93. The number of hydrogen-bond donors (Lipinski definition) is 3. The number of carbonyl (C=O) groups excluding carboxylic acids is 5. The molecule has 5 aliphatic rings. The molecule has 6 atom stereocenters. The second-order valence-electron chi connectivity index (χ2n) is 15.8. The second kappa shape index (κ2) is 14.4. The smallest absolute Gasteiger partial charge is 0.408 e. The molecule has 4 fully saturated rings. The number of hydrogen-bond acceptors (Lipinski definition) is 11. The minimum Gasteiger partial charge on any atom is -0.444 e. The van der Waals surface area contributed by atoms with Crippen LogP contribution in [0.15, 0.2) is 35.0 Å². The van der Waals surface area contributed by atoms with Crippen molar-refractivity contribution in [1.29, 1.82) is 0 Å². The highest BCUT2D eigenvalue weighted by Gasteiger charge is 2.63. The molecular weight excluding hydrogens is 741 g/mol. The van der Waals surface area contributed by atoms with Gasteiger partial charge in [-0.1, -0.05) is 31.1 Å². The summed E-state index contributed by atoms with van der Waals surface area (Å²) in [6, 6.07) is 1.79. The maximum absolute atomic E-state index is 14.6. The van der Waals surface area contributed by atoms with Crippen molar-refractivity contribution in [3.63, 3.8) is 0 Å². The van der Waals surface area contributed by atoms with Crippen molar-refractivity contribution in [3.8, 4) is 10.6 Å². The van der Waals surface area contributed by atoms with E-state index in [1.165, 1.54) is 27.6 Å². The first kappa shape index (κ1) is 37.5. The van der Waals surface area contributed by atoms with Gasteiger partial charge >= 0.3 is 6.09 Å². The van der Waals surface area contributed by atoms with E-state index in [-0.39, 0.29) is 37.9 Å². The van der Waals surface area contributed by atoms with Crippen LogP contribution in [0.3, 0.4) is 0 Å². The molecule has 53 heavy (non-hydrogen) atoms. The number of thiophene rings is 1. The summed E-state index contributed by atoms with van der Waals surface area (Å²) in [4.78, 5) is 78.3. The number of nitrogens with zero attached hydrogens (tertiary/aromatic N) is 3. The van der Waals surface area contributed by atoms with E-state index in [2.05, 4.69) is 20.3 Å². The Balaban J connectivity index is 1.17. The monoisotopic (exact) mass is 786 g/mol. The van der Waals surface area contributed by atoms with Crippen LogP contribution in [0.5, 0.6) is 0 Å². The zero-order valence-corrected chi connectivity index (χ0v) is 32.5. The van der Waals surface area contributed by atoms with E-state index in [1.807, 2.05) is 35.0 Å². The van der Waals surface area contributed by atoms with E-state index in [0.29, 0.717) is 37.1 Å². The van der Waals surface area contributed by atoms with Gasteiger partial charge in [-0.2, -0.15) is 0 Å². The van der Waals surface area contributed by atoms with E-state index in [0.717, 1.165) is 23.4 Å². The van der Waals surface area contributed by atoms with Crippen LogP contribution in [0.2, 0.25) is 0 Å². The van der Waals surface area contributed by atoms with Crippen molar-refractivity contribution in [3.05, 3.63) is 40.1 Å². The number of likely N-dealkylation sites (tertiary alicyclic amines) is 1. The summed E-state index contributed by atoms with van der Waals surface area (Å²) in [5.41, 5.74) is -1.59. The normalized spacial score (nSPS) is 29.8. The van der Waals surface area contributed by atoms with Crippen LogP contribution in [-0.4, -0.2) is 101 Å². The fourth-order valence-electron chi connectivity index (χ4n) is 7.73. The van der Waals surface area contributed by atoms with Crippen molar-refractivity contribution in [2.75, 3.05) is 19.6 Å². The Bertz CT molecular complexity index is 1900. The SMILES string of the molecule is CC(C)(C)OC(=O)N[C@H]1CCCCC/C=C\[C@H]2C[C@@]2(C(=O)NS(=O)(=O)C2CC2)NC(=O)[C@@H]2[C@H]3CN(C(=O)c4nc(-c5cccs5)cs4)C[C@H]3CN2C1=O. The van der Waals surface area contributed by atoms with Gasteiger partial charge < -0.3 is 25.2 Å². The first-order valence-electron chi connectivity index (χ1n) is 18.3. The zero-order valence-electron chi connectivity index (χ0n) is 30.0. The molecule has 0 radical (unpaired) electrons. The molecule has 2 aromatic rings. The molecule has 2 aromatic heterocycles. The number of rotatable bonds is 6. The molecular formula is C36H46N6O8S3. The minimum absolute atomic E-state index is 0.148. The number of thiazole rings is 1. The summed E-state index contributed by atoms with van der Waals surface area (Å²) in [5, 5.41) is 9.16. The molecule has 2 aliphatic carbocycles. The molecule has 0 bridgehead atoms. The number of nitrogens with one attached hydrogen (secondary N) is 3. The molecule has 286 valence electrons. The van der Waals surface area contributed by atoms with Gasteiger partial charge in [-0.3, -0.25) is 23.9 Å². The van der Waals surface area contributed by atoms with Gasteiger partial charge in [-0.15, -0.1) is 22.7 Å². The number of alkyl carbamates (subject to hydrolysis) is 1. The van der Waals surface area contributed by atoms with Crippen LogP contribution < -0.4 is 15.4 Å². The first-order chi connectivity index (χ1) is 25.1. The molecule has 3 aliphatic heterocycles. The Morgan fingerprint density at radius 1 is 1.06 bits per heavy atom. The third kappa shape index (κ3) is 8.02. The number of aromatic nitrogens is 1. The Hall–Kier alpha value is -3.83. The number of sulfonamides is 1. The van der Waals surface area contributed by atoms with Crippen LogP contribution in [0.1, 0.15) is 81.9 Å². The Labute approximate surface area is 317 Å². The van der Waals surface area contributed by atoms with Crippen molar-refractivity contribution < 1.29 is 37.1 Å². The number of fused-ring (bicyclic) bond motifs is 4. The summed E-state index contributed by atoms with van der Waals surface area (Å²) >= 11 is 2.78. The Kier molecular flexibility index (Phi) is 10.2.